The van der Waals surface area contributed by atoms with Gasteiger partial charge in [0.25, 0.3) is 0 Å². The molecule has 0 bridgehead atoms. The van der Waals surface area contributed by atoms with E-state index < -0.39 is 21.6 Å². The minimum atomic E-state index is -3.53. The second-order valence-electron chi connectivity index (χ2n) is 4.08. The van der Waals surface area contributed by atoms with Crippen molar-refractivity contribution in [1.82, 2.24) is 0 Å². The molecule has 0 radical (unpaired) electrons. The standard InChI is InChI=1S/C12H13ClO5S/c1-19(17,18)11-6-5-8(13)7-9(11)10(14)3-2-4-12(15)16/h5-7H,2-4H2,1H3,(H,15,16). The van der Waals surface area contributed by atoms with E-state index >= 15 is 0 Å². The number of ketones is 1. The number of sulfone groups is 1. The molecule has 0 aliphatic rings. The number of rotatable bonds is 6. The Kier molecular flexibility index (Phi) is 5.08. The van der Waals surface area contributed by atoms with E-state index in [9.17, 15) is 18.0 Å². The van der Waals surface area contributed by atoms with Gasteiger partial charge in [0.2, 0.25) is 0 Å². The van der Waals surface area contributed by atoms with Crippen LogP contribution in [0.2, 0.25) is 5.02 Å². The third-order valence-electron chi connectivity index (χ3n) is 2.44. The largest absolute Gasteiger partial charge is 0.481 e. The fourth-order valence-electron chi connectivity index (χ4n) is 1.58. The second kappa shape index (κ2) is 6.16. The number of hydrogen-bond acceptors (Lipinski definition) is 4. The van der Waals surface area contributed by atoms with Gasteiger partial charge in [0.05, 0.1) is 4.90 Å². The van der Waals surface area contributed by atoms with E-state index in [1.54, 1.807) is 0 Å². The van der Waals surface area contributed by atoms with Crippen LogP contribution in [0.25, 0.3) is 0 Å². The van der Waals surface area contributed by atoms with Crippen LogP contribution < -0.4 is 0 Å². The van der Waals surface area contributed by atoms with E-state index in [-0.39, 0.29) is 34.7 Å². The van der Waals surface area contributed by atoms with Gasteiger partial charge in [-0.05, 0) is 24.6 Å². The highest BCUT2D eigenvalue weighted by molar-refractivity contribution is 7.90. The molecule has 7 heteroatoms. The number of halogens is 1. The Hall–Kier alpha value is -1.40. The van der Waals surface area contributed by atoms with Crippen LogP contribution in [-0.2, 0) is 14.6 Å². The maximum Gasteiger partial charge on any atom is 0.303 e. The summed E-state index contributed by atoms with van der Waals surface area (Å²) in [6.07, 6.45) is 0.990. The summed E-state index contributed by atoms with van der Waals surface area (Å²) in [6, 6.07) is 3.97. The zero-order valence-corrected chi connectivity index (χ0v) is 11.8. The third kappa shape index (κ3) is 4.65. The van der Waals surface area contributed by atoms with Crippen molar-refractivity contribution in [2.45, 2.75) is 24.2 Å². The average Bonchev–Trinajstić information content (AvgIpc) is 2.26. The van der Waals surface area contributed by atoms with Gasteiger partial charge in [-0.1, -0.05) is 11.6 Å². The highest BCUT2D eigenvalue weighted by atomic mass is 35.5. The molecule has 1 aromatic carbocycles. The number of hydrogen-bond donors (Lipinski definition) is 1. The van der Waals surface area contributed by atoms with Crippen molar-refractivity contribution in [1.29, 1.82) is 0 Å². The molecule has 0 saturated heterocycles. The first kappa shape index (κ1) is 15.7. The van der Waals surface area contributed by atoms with Crippen molar-refractivity contribution in [3.63, 3.8) is 0 Å². The van der Waals surface area contributed by atoms with E-state index in [2.05, 4.69) is 0 Å². The molecule has 0 unspecified atom stereocenters. The molecule has 0 aromatic heterocycles. The molecule has 0 spiro atoms. The van der Waals surface area contributed by atoms with Gasteiger partial charge >= 0.3 is 5.97 Å². The Labute approximate surface area is 116 Å². The molecule has 0 fully saturated rings. The molecule has 0 aliphatic heterocycles. The van der Waals surface area contributed by atoms with Gasteiger partial charge in [0.1, 0.15) is 0 Å². The minimum absolute atomic E-state index is 0.0142. The Morgan fingerprint density at radius 3 is 2.42 bits per heavy atom. The first-order chi connectivity index (χ1) is 8.71. The average molecular weight is 305 g/mol. The fourth-order valence-corrected chi connectivity index (χ4v) is 2.64. The normalized spacial score (nSPS) is 11.3. The van der Waals surface area contributed by atoms with Crippen LogP contribution in [0.1, 0.15) is 29.6 Å². The van der Waals surface area contributed by atoms with E-state index in [0.717, 1.165) is 6.26 Å². The maximum absolute atomic E-state index is 11.9. The van der Waals surface area contributed by atoms with E-state index in [4.69, 9.17) is 16.7 Å². The van der Waals surface area contributed by atoms with Crippen LogP contribution in [-0.4, -0.2) is 31.5 Å². The monoisotopic (exact) mass is 304 g/mol. The molecule has 0 amide bonds. The summed E-state index contributed by atoms with van der Waals surface area (Å²) < 4.78 is 23.1. The van der Waals surface area contributed by atoms with Crippen LogP contribution in [0.5, 0.6) is 0 Å². The minimum Gasteiger partial charge on any atom is -0.481 e. The van der Waals surface area contributed by atoms with Crippen LogP contribution in [0.4, 0.5) is 0 Å². The van der Waals surface area contributed by atoms with Crippen LogP contribution in [0.3, 0.4) is 0 Å². The van der Waals surface area contributed by atoms with Crippen molar-refractivity contribution < 1.29 is 23.1 Å². The molecule has 0 aliphatic carbocycles. The lowest BCUT2D eigenvalue weighted by Gasteiger charge is -2.07. The van der Waals surface area contributed by atoms with Gasteiger partial charge < -0.3 is 5.11 Å². The highest BCUT2D eigenvalue weighted by Gasteiger charge is 2.19. The molecule has 0 saturated carbocycles. The smallest absolute Gasteiger partial charge is 0.303 e. The summed E-state index contributed by atoms with van der Waals surface area (Å²) in [5.41, 5.74) is 0.0142. The quantitative estimate of drug-likeness (QED) is 0.814. The van der Waals surface area contributed by atoms with Crippen LogP contribution >= 0.6 is 11.6 Å². The lowest BCUT2D eigenvalue weighted by atomic mass is 10.1. The third-order valence-corrected chi connectivity index (χ3v) is 3.83. The lowest BCUT2D eigenvalue weighted by Crippen LogP contribution is -2.09. The van der Waals surface area contributed by atoms with E-state index in [0.29, 0.717) is 0 Å². The lowest BCUT2D eigenvalue weighted by molar-refractivity contribution is -0.137. The topological polar surface area (TPSA) is 88.5 Å². The maximum atomic E-state index is 11.9. The number of aliphatic carboxylic acids is 1. The van der Waals surface area contributed by atoms with E-state index in [1.165, 1.54) is 18.2 Å². The summed E-state index contributed by atoms with van der Waals surface area (Å²) in [5, 5.41) is 8.75. The molecular formula is C12H13ClO5S. The van der Waals surface area contributed by atoms with Gasteiger partial charge in [-0.15, -0.1) is 0 Å². The van der Waals surface area contributed by atoms with Gasteiger partial charge in [-0.25, -0.2) is 8.42 Å². The summed E-state index contributed by atoms with van der Waals surface area (Å²) in [4.78, 5) is 22.2. The van der Waals surface area contributed by atoms with Crippen molar-refractivity contribution >= 4 is 33.2 Å². The van der Waals surface area contributed by atoms with Gasteiger partial charge in [0, 0.05) is 29.7 Å². The number of carboxylic acid groups (broad SMARTS) is 1. The summed E-state index contributed by atoms with van der Waals surface area (Å²) in [6.45, 7) is 0. The molecular weight excluding hydrogens is 292 g/mol. The number of carbonyl (C=O) groups excluding carboxylic acids is 1. The first-order valence-corrected chi connectivity index (χ1v) is 7.73. The van der Waals surface area contributed by atoms with Gasteiger partial charge in [-0.2, -0.15) is 0 Å². The molecule has 1 rings (SSSR count). The van der Waals surface area contributed by atoms with Crippen molar-refractivity contribution in [3.05, 3.63) is 28.8 Å². The van der Waals surface area contributed by atoms with Crippen molar-refractivity contribution in [3.8, 4) is 0 Å². The summed E-state index contributed by atoms with van der Waals surface area (Å²) in [5.74, 6) is -1.42. The van der Waals surface area contributed by atoms with E-state index in [1.807, 2.05) is 0 Å². The molecule has 0 heterocycles. The fraction of sp³-hybridized carbons (Fsp3) is 0.333. The molecule has 1 aromatic rings. The molecule has 104 valence electrons. The first-order valence-electron chi connectivity index (χ1n) is 5.46. The second-order valence-corrected chi connectivity index (χ2v) is 6.50. The van der Waals surface area contributed by atoms with Crippen LogP contribution in [0.15, 0.2) is 23.1 Å². The Bertz CT molecular complexity index is 607. The molecule has 0 atom stereocenters. The van der Waals surface area contributed by atoms with Crippen molar-refractivity contribution in [2.75, 3.05) is 6.26 Å². The zero-order chi connectivity index (χ0) is 14.6. The SMILES string of the molecule is CS(=O)(=O)c1ccc(Cl)cc1C(=O)CCCC(=O)O. The Balaban J connectivity index is 3.01. The summed E-state index contributed by atoms with van der Waals surface area (Å²) >= 11 is 5.75. The highest BCUT2D eigenvalue weighted by Crippen LogP contribution is 2.22. The Morgan fingerprint density at radius 2 is 1.89 bits per heavy atom. The Morgan fingerprint density at radius 1 is 1.26 bits per heavy atom. The molecule has 19 heavy (non-hydrogen) atoms. The van der Waals surface area contributed by atoms with Gasteiger partial charge in [-0.3, -0.25) is 9.59 Å². The number of carbonyl (C=O) groups is 2. The zero-order valence-electron chi connectivity index (χ0n) is 10.2. The van der Waals surface area contributed by atoms with Crippen LogP contribution in [0, 0.1) is 0 Å². The van der Waals surface area contributed by atoms with Crippen molar-refractivity contribution in [2.24, 2.45) is 0 Å². The summed E-state index contributed by atoms with van der Waals surface area (Å²) in [7, 11) is -3.53. The van der Waals surface area contributed by atoms with Gasteiger partial charge in [0.15, 0.2) is 15.6 Å². The number of carboxylic acids is 1. The number of benzene rings is 1. The number of Topliss-reactive ketones (excluding diaryl/α,β-unsaturated/α-hetero) is 1. The molecule has 1 N–H and O–H groups in total. The predicted octanol–water partition coefficient (Wildman–Crippen LogP) is 2.18. The molecule has 5 nitrogen and oxygen atoms in total. The predicted molar refractivity (Wildman–Crippen MR) is 70.4 cm³/mol.